The molecule has 0 N–H and O–H groups in total. The Labute approximate surface area is 146 Å². The third-order valence-electron chi connectivity index (χ3n) is 2.79. The summed E-state index contributed by atoms with van der Waals surface area (Å²) in [6, 6.07) is 15.7. The van der Waals surface area contributed by atoms with E-state index in [-0.39, 0.29) is 5.70 Å². The second-order valence-corrected chi connectivity index (χ2v) is 6.31. The van der Waals surface area contributed by atoms with Crippen molar-refractivity contribution in [1.82, 2.24) is 0 Å². The van der Waals surface area contributed by atoms with Gasteiger partial charge in [0.2, 0.25) is 0 Å². The third-order valence-corrected chi connectivity index (χ3v) is 4.47. The Morgan fingerprint density at radius 1 is 1.26 bits per heavy atom. The van der Waals surface area contributed by atoms with E-state index in [0.29, 0.717) is 0 Å². The molecular formula is C16H12BrN3O2S. The Hall–Kier alpha value is -2.21. The van der Waals surface area contributed by atoms with Gasteiger partial charge in [0.15, 0.2) is 0 Å². The van der Waals surface area contributed by atoms with E-state index < -0.39 is 5.97 Å². The smallest absolute Gasteiger partial charge is 0.340 e. The van der Waals surface area contributed by atoms with Crippen molar-refractivity contribution in [1.29, 1.82) is 0 Å². The molecule has 0 amide bonds. The van der Waals surface area contributed by atoms with Crippen molar-refractivity contribution in [2.75, 3.05) is 7.11 Å². The molecule has 0 unspecified atom stereocenters. The van der Waals surface area contributed by atoms with Gasteiger partial charge in [0.25, 0.3) is 0 Å². The molecule has 0 saturated carbocycles. The fraction of sp³-hybridized carbons (Fsp3) is 0.0625. The van der Waals surface area contributed by atoms with Gasteiger partial charge in [-0.3, -0.25) is 0 Å². The molecule has 116 valence electrons. The van der Waals surface area contributed by atoms with Gasteiger partial charge in [0, 0.05) is 19.2 Å². The Bertz CT molecular complexity index is 787. The van der Waals surface area contributed by atoms with E-state index in [4.69, 9.17) is 5.53 Å². The van der Waals surface area contributed by atoms with Crippen LogP contribution in [0.15, 0.2) is 73.6 Å². The standard InChI is InChI=1S/C16H12BrN3O2S/c1-22-16(21)15(19-20-18)9-11-7-8-13(10-14(11)17)23-12-5-3-2-4-6-12/h2-10H,1H3/b15-9-. The average molecular weight is 390 g/mol. The van der Waals surface area contributed by atoms with Gasteiger partial charge in [-0.25, -0.2) is 4.79 Å². The number of methoxy groups -OCH3 is 1. The number of halogens is 1. The maximum absolute atomic E-state index is 11.6. The summed E-state index contributed by atoms with van der Waals surface area (Å²) in [5.74, 6) is -0.683. The average Bonchev–Trinajstić information content (AvgIpc) is 2.57. The van der Waals surface area contributed by atoms with Gasteiger partial charge >= 0.3 is 5.97 Å². The monoisotopic (exact) mass is 389 g/mol. The van der Waals surface area contributed by atoms with E-state index in [9.17, 15) is 4.79 Å². The summed E-state index contributed by atoms with van der Waals surface area (Å²) >= 11 is 5.09. The van der Waals surface area contributed by atoms with Gasteiger partial charge in [0.05, 0.1) is 7.11 Å². The Balaban J connectivity index is 2.28. The molecule has 0 radical (unpaired) electrons. The van der Waals surface area contributed by atoms with Crippen LogP contribution < -0.4 is 0 Å². The summed E-state index contributed by atoms with van der Waals surface area (Å²) in [6.45, 7) is 0. The molecule has 0 fully saturated rings. The van der Waals surface area contributed by atoms with Crippen LogP contribution in [-0.2, 0) is 9.53 Å². The lowest BCUT2D eigenvalue weighted by molar-refractivity contribution is -0.136. The van der Waals surface area contributed by atoms with Crippen molar-refractivity contribution in [3.8, 4) is 0 Å². The van der Waals surface area contributed by atoms with Gasteiger partial charge in [0.1, 0.15) is 5.70 Å². The van der Waals surface area contributed by atoms with E-state index in [1.807, 2.05) is 48.5 Å². The lowest BCUT2D eigenvalue weighted by Gasteiger charge is -2.05. The number of ether oxygens (including phenoxy) is 1. The minimum Gasteiger partial charge on any atom is -0.466 e. The number of esters is 1. The summed E-state index contributed by atoms with van der Waals surface area (Å²) in [7, 11) is 1.23. The summed E-state index contributed by atoms with van der Waals surface area (Å²) in [5, 5.41) is 3.36. The first-order valence-corrected chi connectivity index (χ1v) is 8.12. The fourth-order valence-corrected chi connectivity index (χ4v) is 3.26. The number of benzene rings is 2. The van der Waals surface area contributed by atoms with Crippen LogP contribution in [0.25, 0.3) is 16.5 Å². The first-order valence-electron chi connectivity index (χ1n) is 6.51. The van der Waals surface area contributed by atoms with Gasteiger partial charge in [-0.05, 0) is 41.4 Å². The van der Waals surface area contributed by atoms with Crippen LogP contribution in [0.5, 0.6) is 0 Å². The molecular weight excluding hydrogens is 378 g/mol. The van der Waals surface area contributed by atoms with Crippen LogP contribution >= 0.6 is 27.7 Å². The van der Waals surface area contributed by atoms with Crippen LogP contribution in [0.3, 0.4) is 0 Å². The molecule has 0 aliphatic heterocycles. The topological polar surface area (TPSA) is 75.1 Å². The van der Waals surface area contributed by atoms with Crippen molar-refractivity contribution < 1.29 is 9.53 Å². The number of carbonyl (C=O) groups excluding carboxylic acids is 1. The predicted octanol–water partition coefficient (Wildman–Crippen LogP) is 5.42. The first-order chi connectivity index (χ1) is 11.1. The molecule has 0 heterocycles. The molecule has 7 heteroatoms. The van der Waals surface area contributed by atoms with Crippen LogP contribution in [0, 0.1) is 0 Å². The van der Waals surface area contributed by atoms with E-state index in [1.165, 1.54) is 13.2 Å². The molecule has 0 spiro atoms. The van der Waals surface area contributed by atoms with Crippen molar-refractivity contribution in [3.05, 3.63) is 74.7 Å². The first kappa shape index (κ1) is 17.1. The maximum atomic E-state index is 11.6. The molecule has 0 bridgehead atoms. The normalized spacial score (nSPS) is 10.8. The quantitative estimate of drug-likeness (QED) is 0.225. The third kappa shape index (κ3) is 4.89. The zero-order chi connectivity index (χ0) is 16.7. The predicted molar refractivity (Wildman–Crippen MR) is 93.8 cm³/mol. The van der Waals surface area contributed by atoms with Crippen LogP contribution in [0.1, 0.15) is 5.56 Å². The minimum absolute atomic E-state index is 0.0980. The second-order valence-electron chi connectivity index (χ2n) is 4.31. The number of rotatable bonds is 5. The SMILES string of the molecule is COC(=O)/C(=C/c1ccc(Sc2ccccc2)cc1Br)N=[N+]=[N-]. The molecule has 2 rings (SSSR count). The highest BCUT2D eigenvalue weighted by molar-refractivity contribution is 9.10. The van der Waals surface area contributed by atoms with Gasteiger partial charge < -0.3 is 4.74 Å². The highest BCUT2D eigenvalue weighted by atomic mass is 79.9. The van der Waals surface area contributed by atoms with Gasteiger partial charge in [-0.15, -0.1) is 0 Å². The van der Waals surface area contributed by atoms with E-state index in [2.05, 4.69) is 30.7 Å². The van der Waals surface area contributed by atoms with E-state index in [1.54, 1.807) is 11.8 Å². The van der Waals surface area contributed by atoms with Gasteiger partial charge in [-0.2, -0.15) is 0 Å². The summed E-state index contributed by atoms with van der Waals surface area (Å²) in [5.41, 5.74) is 9.15. The molecule has 0 aromatic heterocycles. The lowest BCUT2D eigenvalue weighted by atomic mass is 10.2. The number of hydrogen-bond donors (Lipinski definition) is 0. The van der Waals surface area contributed by atoms with Crippen molar-refractivity contribution in [2.45, 2.75) is 9.79 Å². The number of hydrogen-bond acceptors (Lipinski definition) is 4. The second kappa shape index (κ2) is 8.43. The van der Waals surface area contributed by atoms with Crippen molar-refractivity contribution in [3.63, 3.8) is 0 Å². The Kier molecular flexibility index (Phi) is 6.29. The number of carbonyl (C=O) groups is 1. The molecule has 5 nitrogen and oxygen atoms in total. The molecule has 2 aromatic rings. The molecule has 2 aromatic carbocycles. The molecule has 0 aliphatic rings. The molecule has 0 saturated heterocycles. The maximum Gasteiger partial charge on any atom is 0.340 e. The number of nitrogens with zero attached hydrogens (tertiary/aromatic N) is 3. The van der Waals surface area contributed by atoms with Crippen LogP contribution in [0.2, 0.25) is 0 Å². The fourth-order valence-electron chi connectivity index (χ4n) is 1.74. The van der Waals surface area contributed by atoms with Crippen LogP contribution in [0.4, 0.5) is 0 Å². The summed E-state index contributed by atoms with van der Waals surface area (Å²) < 4.78 is 5.37. The Morgan fingerprint density at radius 3 is 2.61 bits per heavy atom. The van der Waals surface area contributed by atoms with Crippen molar-refractivity contribution in [2.24, 2.45) is 5.11 Å². The lowest BCUT2D eigenvalue weighted by Crippen LogP contribution is -2.02. The largest absolute Gasteiger partial charge is 0.466 e. The molecule has 0 aliphatic carbocycles. The van der Waals surface area contributed by atoms with Crippen LogP contribution in [-0.4, -0.2) is 13.1 Å². The molecule has 0 atom stereocenters. The Morgan fingerprint density at radius 2 is 2.00 bits per heavy atom. The summed E-state index contributed by atoms with van der Waals surface area (Å²) in [6.07, 6.45) is 1.48. The minimum atomic E-state index is -0.683. The van der Waals surface area contributed by atoms with Gasteiger partial charge in [-0.1, -0.05) is 57.1 Å². The number of azide groups is 1. The highest BCUT2D eigenvalue weighted by Gasteiger charge is 2.09. The van der Waals surface area contributed by atoms with E-state index >= 15 is 0 Å². The van der Waals surface area contributed by atoms with Crippen molar-refractivity contribution >= 4 is 39.7 Å². The van der Waals surface area contributed by atoms with E-state index in [0.717, 1.165) is 19.8 Å². The highest BCUT2D eigenvalue weighted by Crippen LogP contribution is 2.31. The zero-order valence-electron chi connectivity index (χ0n) is 12.1. The molecule has 23 heavy (non-hydrogen) atoms. The summed E-state index contributed by atoms with van der Waals surface area (Å²) in [4.78, 5) is 16.4. The zero-order valence-corrected chi connectivity index (χ0v) is 14.5.